The molecule has 7 heteroatoms. The van der Waals surface area contributed by atoms with Crippen molar-refractivity contribution in [3.05, 3.63) is 0 Å². The van der Waals surface area contributed by atoms with Crippen molar-refractivity contribution in [1.82, 2.24) is 15.5 Å². The first-order chi connectivity index (χ1) is 10.5. The minimum absolute atomic E-state index is 0.0230. The SMILES string of the molecule is CCCNC(=NCC(=O)N(C)C)NCC1(OC)CCOCC1. The monoisotopic (exact) mass is 314 g/mol. The van der Waals surface area contributed by atoms with Gasteiger partial charge in [-0.1, -0.05) is 6.92 Å². The van der Waals surface area contributed by atoms with Crippen molar-refractivity contribution in [2.75, 3.05) is 54.1 Å². The van der Waals surface area contributed by atoms with Crippen molar-refractivity contribution < 1.29 is 14.3 Å². The molecular formula is C15H30N4O3. The van der Waals surface area contributed by atoms with Crippen molar-refractivity contribution in [1.29, 1.82) is 0 Å². The molecule has 128 valence electrons. The van der Waals surface area contributed by atoms with Gasteiger partial charge in [-0.25, -0.2) is 4.99 Å². The standard InChI is InChI=1S/C15H30N4O3/c1-5-8-16-14(17-11-13(20)19(2)3)18-12-15(21-4)6-9-22-10-7-15/h5-12H2,1-4H3,(H2,16,17,18). The number of carbonyl (C=O) groups excluding carboxylic acids is 1. The van der Waals surface area contributed by atoms with E-state index in [1.807, 2.05) is 0 Å². The summed E-state index contributed by atoms with van der Waals surface area (Å²) in [4.78, 5) is 17.6. The van der Waals surface area contributed by atoms with Gasteiger partial charge in [-0.3, -0.25) is 4.79 Å². The van der Waals surface area contributed by atoms with Gasteiger partial charge in [0.05, 0.1) is 5.60 Å². The highest BCUT2D eigenvalue weighted by Crippen LogP contribution is 2.23. The maximum absolute atomic E-state index is 11.7. The molecule has 22 heavy (non-hydrogen) atoms. The lowest BCUT2D eigenvalue weighted by atomic mass is 9.94. The average molecular weight is 314 g/mol. The first kappa shape index (κ1) is 18.7. The summed E-state index contributed by atoms with van der Waals surface area (Å²) in [5.74, 6) is 0.630. The van der Waals surface area contributed by atoms with E-state index in [1.54, 1.807) is 21.2 Å². The van der Waals surface area contributed by atoms with Crippen molar-refractivity contribution in [2.24, 2.45) is 4.99 Å². The number of hydrogen-bond acceptors (Lipinski definition) is 4. The van der Waals surface area contributed by atoms with Crippen LogP contribution in [-0.2, 0) is 14.3 Å². The van der Waals surface area contributed by atoms with E-state index < -0.39 is 0 Å². The Balaban J connectivity index is 2.59. The summed E-state index contributed by atoms with van der Waals surface area (Å²) in [6.07, 6.45) is 2.70. The topological polar surface area (TPSA) is 75.2 Å². The van der Waals surface area contributed by atoms with E-state index >= 15 is 0 Å². The van der Waals surface area contributed by atoms with Crippen molar-refractivity contribution >= 4 is 11.9 Å². The molecule has 1 rings (SSSR count). The third-order valence-electron chi connectivity index (χ3n) is 3.83. The third kappa shape index (κ3) is 6.19. The van der Waals surface area contributed by atoms with Crippen LogP contribution in [0.15, 0.2) is 4.99 Å². The van der Waals surface area contributed by atoms with E-state index in [-0.39, 0.29) is 18.1 Å². The van der Waals surface area contributed by atoms with Crippen LogP contribution < -0.4 is 10.6 Å². The van der Waals surface area contributed by atoms with Crippen LogP contribution in [0, 0.1) is 0 Å². The fourth-order valence-corrected chi connectivity index (χ4v) is 2.15. The molecule has 0 saturated carbocycles. The van der Waals surface area contributed by atoms with Crippen LogP contribution in [0.25, 0.3) is 0 Å². The predicted molar refractivity (Wildman–Crippen MR) is 87.1 cm³/mol. The second-order valence-corrected chi connectivity index (χ2v) is 5.73. The number of methoxy groups -OCH3 is 1. The summed E-state index contributed by atoms with van der Waals surface area (Å²) < 4.78 is 11.1. The summed E-state index contributed by atoms with van der Waals surface area (Å²) in [6, 6.07) is 0. The maximum Gasteiger partial charge on any atom is 0.243 e. The van der Waals surface area contributed by atoms with Crippen molar-refractivity contribution in [2.45, 2.75) is 31.8 Å². The van der Waals surface area contributed by atoms with Gasteiger partial charge in [0.1, 0.15) is 6.54 Å². The van der Waals surface area contributed by atoms with Crippen LogP contribution in [0.2, 0.25) is 0 Å². The van der Waals surface area contributed by atoms with Crippen LogP contribution in [0.4, 0.5) is 0 Å². The molecule has 0 atom stereocenters. The molecule has 1 aliphatic heterocycles. The van der Waals surface area contributed by atoms with E-state index in [2.05, 4.69) is 22.5 Å². The Kier molecular flexibility index (Phi) is 8.19. The Labute approximate surface area is 133 Å². The number of ether oxygens (including phenoxy) is 2. The zero-order valence-corrected chi connectivity index (χ0v) is 14.3. The molecule has 0 spiro atoms. The zero-order chi connectivity index (χ0) is 16.4. The second-order valence-electron chi connectivity index (χ2n) is 5.73. The van der Waals surface area contributed by atoms with Crippen LogP contribution in [0.3, 0.4) is 0 Å². The predicted octanol–water partition coefficient (Wildman–Crippen LogP) is 0.215. The number of amides is 1. The minimum Gasteiger partial charge on any atom is -0.381 e. The molecule has 0 aromatic rings. The maximum atomic E-state index is 11.7. The summed E-state index contributed by atoms with van der Waals surface area (Å²) in [5, 5.41) is 6.52. The van der Waals surface area contributed by atoms with Gasteiger partial charge in [0.2, 0.25) is 5.91 Å². The molecule has 0 aliphatic carbocycles. The van der Waals surface area contributed by atoms with E-state index in [0.29, 0.717) is 25.7 Å². The van der Waals surface area contributed by atoms with E-state index in [1.165, 1.54) is 4.90 Å². The molecule has 0 aromatic heterocycles. The lowest BCUT2D eigenvalue weighted by Gasteiger charge is -2.36. The Morgan fingerprint density at radius 1 is 1.32 bits per heavy atom. The van der Waals surface area contributed by atoms with Crippen LogP contribution in [0.5, 0.6) is 0 Å². The molecule has 1 saturated heterocycles. The molecule has 0 radical (unpaired) electrons. The number of carbonyl (C=O) groups is 1. The van der Waals surface area contributed by atoms with Crippen LogP contribution in [-0.4, -0.2) is 76.4 Å². The Hall–Kier alpha value is -1.34. The highest BCUT2D eigenvalue weighted by Gasteiger charge is 2.32. The van der Waals surface area contributed by atoms with E-state index in [4.69, 9.17) is 9.47 Å². The van der Waals surface area contributed by atoms with Gasteiger partial charge >= 0.3 is 0 Å². The number of aliphatic imine (C=N–C) groups is 1. The van der Waals surface area contributed by atoms with Crippen LogP contribution in [0.1, 0.15) is 26.2 Å². The lowest BCUT2D eigenvalue weighted by Crippen LogP contribution is -2.51. The summed E-state index contributed by atoms with van der Waals surface area (Å²) in [5.41, 5.74) is -0.224. The van der Waals surface area contributed by atoms with Gasteiger partial charge in [-0.05, 0) is 6.42 Å². The van der Waals surface area contributed by atoms with Gasteiger partial charge < -0.3 is 25.0 Å². The summed E-state index contributed by atoms with van der Waals surface area (Å²) in [7, 11) is 5.19. The number of guanidine groups is 1. The molecule has 1 heterocycles. The first-order valence-corrected chi connectivity index (χ1v) is 7.88. The molecule has 1 amide bonds. The number of hydrogen-bond donors (Lipinski definition) is 2. The minimum atomic E-state index is -0.224. The van der Waals surface area contributed by atoms with Gasteiger partial charge in [0, 0.05) is 60.4 Å². The fraction of sp³-hybridized carbons (Fsp3) is 0.867. The number of nitrogens with zero attached hydrogens (tertiary/aromatic N) is 2. The number of likely N-dealkylation sites (N-methyl/N-ethyl adjacent to an activating group) is 1. The second kappa shape index (κ2) is 9.63. The Morgan fingerprint density at radius 3 is 2.55 bits per heavy atom. The normalized spacial score (nSPS) is 17.9. The molecule has 1 fully saturated rings. The molecule has 7 nitrogen and oxygen atoms in total. The van der Waals surface area contributed by atoms with Crippen molar-refractivity contribution in [3.63, 3.8) is 0 Å². The van der Waals surface area contributed by atoms with Gasteiger partial charge in [0.15, 0.2) is 5.96 Å². The zero-order valence-electron chi connectivity index (χ0n) is 14.3. The Morgan fingerprint density at radius 2 is 2.00 bits per heavy atom. The molecule has 0 bridgehead atoms. The smallest absolute Gasteiger partial charge is 0.243 e. The lowest BCUT2D eigenvalue weighted by molar-refractivity contribution is -0.127. The molecule has 2 N–H and O–H groups in total. The number of nitrogens with one attached hydrogen (secondary N) is 2. The highest BCUT2D eigenvalue weighted by atomic mass is 16.5. The molecule has 0 unspecified atom stereocenters. The van der Waals surface area contributed by atoms with E-state index in [9.17, 15) is 4.79 Å². The molecular weight excluding hydrogens is 284 g/mol. The quantitative estimate of drug-likeness (QED) is 0.519. The average Bonchev–Trinajstić information content (AvgIpc) is 2.54. The first-order valence-electron chi connectivity index (χ1n) is 7.88. The third-order valence-corrected chi connectivity index (χ3v) is 3.83. The summed E-state index contributed by atoms with van der Waals surface area (Å²) in [6.45, 7) is 5.11. The Bertz CT molecular complexity index is 366. The van der Waals surface area contributed by atoms with Gasteiger partial charge in [0.25, 0.3) is 0 Å². The van der Waals surface area contributed by atoms with E-state index in [0.717, 1.165) is 25.8 Å². The largest absolute Gasteiger partial charge is 0.381 e. The highest BCUT2D eigenvalue weighted by molar-refractivity contribution is 5.84. The van der Waals surface area contributed by atoms with Crippen molar-refractivity contribution in [3.8, 4) is 0 Å². The molecule has 1 aliphatic rings. The molecule has 0 aromatic carbocycles. The van der Waals surface area contributed by atoms with Gasteiger partial charge in [-0.15, -0.1) is 0 Å². The number of rotatable bonds is 7. The van der Waals surface area contributed by atoms with Crippen LogP contribution >= 0.6 is 0 Å². The van der Waals surface area contributed by atoms with Gasteiger partial charge in [-0.2, -0.15) is 0 Å². The fourth-order valence-electron chi connectivity index (χ4n) is 2.15. The summed E-state index contributed by atoms with van der Waals surface area (Å²) >= 11 is 0.